The number of hydrogen-bond donors (Lipinski definition) is 0. The lowest BCUT2D eigenvalue weighted by atomic mass is 9.87. The van der Waals surface area contributed by atoms with Crippen LogP contribution in [0.1, 0.15) is 29.5 Å². The van der Waals surface area contributed by atoms with Gasteiger partial charge >= 0.3 is 0 Å². The molecule has 0 amide bonds. The van der Waals surface area contributed by atoms with E-state index in [9.17, 15) is 13.2 Å². The van der Waals surface area contributed by atoms with Crippen molar-refractivity contribution in [3.63, 3.8) is 0 Å². The van der Waals surface area contributed by atoms with Gasteiger partial charge in [-0.1, -0.05) is 36.4 Å². The molecule has 1 aliphatic carbocycles. The van der Waals surface area contributed by atoms with Crippen LogP contribution in [0.4, 0.5) is 0 Å². The molecule has 34 heavy (non-hydrogen) atoms. The van der Waals surface area contributed by atoms with Crippen LogP contribution in [0, 0.1) is 6.92 Å². The molecule has 1 saturated carbocycles. The third-order valence-corrected chi connectivity index (χ3v) is 8.64. The molecule has 0 atom stereocenters. The number of sulfonamides is 1. The minimum atomic E-state index is -3.46. The zero-order chi connectivity index (χ0) is 24.1. The second kappa shape index (κ2) is 8.25. The molecule has 1 fully saturated rings. The van der Waals surface area contributed by atoms with E-state index in [-0.39, 0.29) is 17.5 Å². The maximum absolute atomic E-state index is 13.3. The standard InChI is InChI=1S/C27H27NO5S/c1-18-14-19(4-10-23(18)20-5-8-22(9-6-20)34(30,31)28(2)3)15-26(29)27(12-13-27)21-7-11-24-25(16-21)33-17-32-24/h4-11,14,16H,12-13,15,17H2,1-3H3. The van der Waals surface area contributed by atoms with Gasteiger partial charge in [0, 0.05) is 20.5 Å². The Kier molecular flexibility index (Phi) is 5.49. The molecular formula is C27H27NO5S. The molecule has 0 N–H and O–H groups in total. The number of ether oxygens (including phenoxy) is 2. The first-order valence-corrected chi connectivity index (χ1v) is 12.7. The lowest BCUT2D eigenvalue weighted by Gasteiger charge is -2.16. The van der Waals surface area contributed by atoms with Gasteiger partial charge in [0.15, 0.2) is 11.5 Å². The van der Waals surface area contributed by atoms with E-state index in [1.54, 1.807) is 12.1 Å². The number of hydrogen-bond acceptors (Lipinski definition) is 5. The molecule has 7 heteroatoms. The van der Waals surface area contributed by atoms with Gasteiger partial charge in [0.05, 0.1) is 10.3 Å². The predicted molar refractivity (Wildman–Crippen MR) is 130 cm³/mol. The van der Waals surface area contributed by atoms with E-state index in [1.165, 1.54) is 18.4 Å². The number of carbonyl (C=O) groups excluding carboxylic acids is 1. The lowest BCUT2D eigenvalue weighted by molar-refractivity contribution is -0.120. The SMILES string of the molecule is Cc1cc(CC(=O)C2(c3ccc4c(c3)OCO4)CC2)ccc1-c1ccc(S(=O)(=O)N(C)C)cc1. The zero-order valence-electron chi connectivity index (χ0n) is 19.5. The van der Waals surface area contributed by atoms with Gasteiger partial charge < -0.3 is 9.47 Å². The maximum atomic E-state index is 13.3. The summed E-state index contributed by atoms with van der Waals surface area (Å²) in [5.41, 5.74) is 4.55. The Labute approximate surface area is 200 Å². The molecular weight excluding hydrogens is 450 g/mol. The van der Waals surface area contributed by atoms with Crippen molar-refractivity contribution >= 4 is 15.8 Å². The molecule has 0 saturated heterocycles. The number of nitrogens with zero attached hydrogens (tertiary/aromatic N) is 1. The second-order valence-corrected chi connectivity index (χ2v) is 11.4. The molecule has 176 valence electrons. The molecule has 0 radical (unpaired) electrons. The largest absolute Gasteiger partial charge is 0.454 e. The maximum Gasteiger partial charge on any atom is 0.242 e. The van der Waals surface area contributed by atoms with E-state index in [1.807, 2.05) is 55.5 Å². The third-order valence-electron chi connectivity index (χ3n) is 6.81. The number of rotatable bonds is 7. The summed E-state index contributed by atoms with van der Waals surface area (Å²) in [7, 11) is -0.421. The number of carbonyl (C=O) groups is 1. The molecule has 2 aliphatic rings. The van der Waals surface area contributed by atoms with Crippen LogP contribution in [-0.2, 0) is 26.7 Å². The van der Waals surface area contributed by atoms with Crippen LogP contribution in [0.3, 0.4) is 0 Å². The monoisotopic (exact) mass is 477 g/mol. The average molecular weight is 478 g/mol. The number of aryl methyl sites for hydroxylation is 1. The van der Waals surface area contributed by atoms with Crippen LogP contribution < -0.4 is 9.47 Å². The number of fused-ring (bicyclic) bond motifs is 1. The molecule has 3 aromatic rings. The Morgan fingerprint density at radius 3 is 2.29 bits per heavy atom. The average Bonchev–Trinajstić information content (AvgIpc) is 3.50. The molecule has 6 nitrogen and oxygen atoms in total. The highest BCUT2D eigenvalue weighted by atomic mass is 32.2. The van der Waals surface area contributed by atoms with Crippen molar-refractivity contribution in [3.8, 4) is 22.6 Å². The first-order valence-electron chi connectivity index (χ1n) is 11.3. The van der Waals surface area contributed by atoms with Gasteiger partial charge in [0.1, 0.15) is 5.78 Å². The summed E-state index contributed by atoms with van der Waals surface area (Å²) in [5, 5.41) is 0. The van der Waals surface area contributed by atoms with E-state index in [2.05, 4.69) is 0 Å². The van der Waals surface area contributed by atoms with Crippen molar-refractivity contribution in [2.75, 3.05) is 20.9 Å². The normalized spacial score (nSPS) is 16.0. The van der Waals surface area contributed by atoms with Gasteiger partial charge in [0.2, 0.25) is 16.8 Å². The summed E-state index contributed by atoms with van der Waals surface area (Å²) in [6.07, 6.45) is 2.07. The number of Topliss-reactive ketones (excluding diaryl/α,β-unsaturated/α-hetero) is 1. The molecule has 1 aliphatic heterocycles. The summed E-state index contributed by atoms with van der Waals surface area (Å²) < 4.78 is 36.7. The lowest BCUT2D eigenvalue weighted by Crippen LogP contribution is -2.22. The summed E-state index contributed by atoms with van der Waals surface area (Å²) in [5.74, 6) is 1.66. The van der Waals surface area contributed by atoms with Gasteiger partial charge in [-0.3, -0.25) is 4.79 Å². The molecule has 5 rings (SSSR count). The predicted octanol–water partition coefficient (Wildman–Crippen LogP) is 4.48. The number of ketones is 1. The van der Waals surface area contributed by atoms with Crippen LogP contribution >= 0.6 is 0 Å². The van der Waals surface area contributed by atoms with Crippen LogP contribution in [-0.4, -0.2) is 39.4 Å². The summed E-state index contributed by atoms with van der Waals surface area (Å²) in [4.78, 5) is 13.6. The van der Waals surface area contributed by atoms with E-state index >= 15 is 0 Å². The number of benzene rings is 3. The fourth-order valence-electron chi connectivity index (χ4n) is 4.58. The second-order valence-electron chi connectivity index (χ2n) is 9.21. The topological polar surface area (TPSA) is 72.9 Å². The van der Waals surface area contributed by atoms with Crippen molar-refractivity contribution < 1.29 is 22.7 Å². The van der Waals surface area contributed by atoms with Gasteiger partial charge in [-0.2, -0.15) is 0 Å². The van der Waals surface area contributed by atoms with Crippen LogP contribution in [0.2, 0.25) is 0 Å². The van der Waals surface area contributed by atoms with Crippen LogP contribution in [0.5, 0.6) is 11.5 Å². The Hall–Kier alpha value is -3.16. The fraction of sp³-hybridized carbons (Fsp3) is 0.296. The Bertz CT molecular complexity index is 1370. The first kappa shape index (κ1) is 22.6. The van der Waals surface area contributed by atoms with Gasteiger partial charge in [-0.15, -0.1) is 0 Å². The Morgan fingerprint density at radius 2 is 1.65 bits per heavy atom. The first-order chi connectivity index (χ1) is 16.2. The Balaban J connectivity index is 1.34. The van der Waals surface area contributed by atoms with E-state index in [0.717, 1.165) is 46.4 Å². The Morgan fingerprint density at radius 1 is 0.941 bits per heavy atom. The molecule has 0 spiro atoms. The van der Waals surface area contributed by atoms with Crippen molar-refractivity contribution in [1.82, 2.24) is 4.31 Å². The fourth-order valence-corrected chi connectivity index (χ4v) is 5.48. The van der Waals surface area contributed by atoms with Crippen LogP contribution in [0.15, 0.2) is 65.6 Å². The van der Waals surface area contributed by atoms with Gasteiger partial charge in [-0.05, 0) is 71.8 Å². The van der Waals surface area contributed by atoms with Gasteiger partial charge in [0.25, 0.3) is 0 Å². The minimum Gasteiger partial charge on any atom is -0.454 e. The highest BCUT2D eigenvalue weighted by molar-refractivity contribution is 7.89. The summed E-state index contributed by atoms with van der Waals surface area (Å²) in [6, 6.07) is 18.8. The van der Waals surface area contributed by atoms with Crippen molar-refractivity contribution in [3.05, 3.63) is 77.4 Å². The molecule has 0 unspecified atom stereocenters. The highest BCUT2D eigenvalue weighted by Crippen LogP contribution is 2.51. The summed E-state index contributed by atoms with van der Waals surface area (Å²) in [6.45, 7) is 2.23. The summed E-state index contributed by atoms with van der Waals surface area (Å²) >= 11 is 0. The van der Waals surface area contributed by atoms with Crippen LogP contribution in [0.25, 0.3) is 11.1 Å². The van der Waals surface area contributed by atoms with E-state index < -0.39 is 15.4 Å². The van der Waals surface area contributed by atoms with E-state index in [0.29, 0.717) is 12.2 Å². The van der Waals surface area contributed by atoms with Crippen molar-refractivity contribution in [2.24, 2.45) is 0 Å². The molecule has 0 aromatic heterocycles. The third kappa shape index (κ3) is 3.89. The van der Waals surface area contributed by atoms with Crippen molar-refractivity contribution in [1.29, 1.82) is 0 Å². The minimum absolute atomic E-state index is 0.219. The smallest absolute Gasteiger partial charge is 0.242 e. The van der Waals surface area contributed by atoms with Crippen molar-refractivity contribution in [2.45, 2.75) is 36.5 Å². The molecule has 0 bridgehead atoms. The van der Waals surface area contributed by atoms with E-state index in [4.69, 9.17) is 9.47 Å². The molecule has 3 aromatic carbocycles. The zero-order valence-corrected chi connectivity index (χ0v) is 20.3. The molecule has 1 heterocycles. The van der Waals surface area contributed by atoms with Gasteiger partial charge in [-0.25, -0.2) is 12.7 Å². The quantitative estimate of drug-likeness (QED) is 0.502. The highest BCUT2D eigenvalue weighted by Gasteiger charge is 2.50.